The predicted molar refractivity (Wildman–Crippen MR) is 39.8 cm³/mol. The van der Waals surface area contributed by atoms with E-state index in [2.05, 4.69) is 5.10 Å². The molecule has 0 amide bonds. The maximum Gasteiger partial charge on any atom is 1.00 e. The first-order chi connectivity index (χ1) is 5.11. The molecule has 1 rings (SSSR count). The molecule has 1 aromatic heterocycles. The van der Waals surface area contributed by atoms with Crippen LogP contribution < -0.4 is 18.9 Å². The zero-order valence-corrected chi connectivity index (χ0v) is 8.17. The van der Waals surface area contributed by atoms with E-state index in [9.17, 15) is 8.76 Å². The molecule has 0 bridgehead atoms. The summed E-state index contributed by atoms with van der Waals surface area (Å²) in [5.74, 6) is 0. The Morgan fingerprint density at radius 2 is 2.25 bits per heavy atom. The van der Waals surface area contributed by atoms with Gasteiger partial charge in [0.05, 0.1) is 11.1 Å². The van der Waals surface area contributed by atoms with Gasteiger partial charge in [0.2, 0.25) is 0 Å². The minimum Gasteiger partial charge on any atom is -0.768 e. The molecule has 0 aliphatic heterocycles. The van der Waals surface area contributed by atoms with Crippen LogP contribution in [0.5, 0.6) is 0 Å². The van der Waals surface area contributed by atoms with E-state index in [4.69, 9.17) is 0 Å². The fourth-order valence-electron chi connectivity index (χ4n) is 0.689. The molecule has 0 saturated carbocycles. The summed E-state index contributed by atoms with van der Waals surface area (Å²) in [5, 5.41) is 3.86. The smallest absolute Gasteiger partial charge is 0.768 e. The summed E-state index contributed by atoms with van der Waals surface area (Å²) in [6.45, 7) is 3.87. The Labute approximate surface area is 85.8 Å². The van der Waals surface area contributed by atoms with Crippen molar-refractivity contribution in [3.63, 3.8) is 0 Å². The summed E-state index contributed by atoms with van der Waals surface area (Å²) < 4.78 is 22.4. The van der Waals surface area contributed by atoms with Gasteiger partial charge in [-0.15, -0.1) is 0 Å². The van der Waals surface area contributed by atoms with Crippen LogP contribution in [0.25, 0.3) is 0 Å². The van der Waals surface area contributed by atoms with Gasteiger partial charge in [-0.2, -0.15) is 5.10 Å². The van der Waals surface area contributed by atoms with E-state index in [-0.39, 0.29) is 29.8 Å². The zero-order chi connectivity index (χ0) is 8.43. The molecule has 0 aliphatic rings. The molecule has 62 valence electrons. The molecule has 0 saturated heterocycles. The van der Waals surface area contributed by atoms with Crippen LogP contribution >= 0.6 is 0 Å². The van der Waals surface area contributed by atoms with Crippen LogP contribution in [0.2, 0.25) is 0 Å². The van der Waals surface area contributed by atoms with Crippen molar-refractivity contribution in [1.29, 1.82) is 0 Å². The van der Waals surface area contributed by atoms with Crippen molar-refractivity contribution in [1.82, 2.24) is 9.78 Å². The molecule has 0 aromatic carbocycles. The van der Waals surface area contributed by atoms with Crippen molar-refractivity contribution < 1.29 is 27.6 Å². The van der Waals surface area contributed by atoms with Gasteiger partial charge in [0, 0.05) is 12.2 Å². The second-order valence-electron chi connectivity index (χ2n) is 2.48. The van der Waals surface area contributed by atoms with Gasteiger partial charge in [0.1, 0.15) is 0 Å². The molecular formula is C6H9LiN2O2S. The molecule has 1 heterocycles. The first kappa shape index (κ1) is 11.9. The first-order valence-corrected chi connectivity index (χ1v) is 4.32. The van der Waals surface area contributed by atoms with Gasteiger partial charge in [-0.05, 0) is 24.9 Å². The summed E-state index contributed by atoms with van der Waals surface area (Å²) in [4.78, 5) is 0.235. The van der Waals surface area contributed by atoms with Gasteiger partial charge < -0.3 is 4.55 Å². The summed E-state index contributed by atoms with van der Waals surface area (Å²) in [6, 6.07) is 0.201. The summed E-state index contributed by atoms with van der Waals surface area (Å²) >= 11 is -2.16. The van der Waals surface area contributed by atoms with Crippen LogP contribution in [0.4, 0.5) is 0 Å². The Bertz CT molecular complexity index is 274. The Morgan fingerprint density at radius 1 is 1.67 bits per heavy atom. The summed E-state index contributed by atoms with van der Waals surface area (Å²) in [7, 11) is 0. The molecule has 6 heteroatoms. The minimum atomic E-state index is -2.16. The quantitative estimate of drug-likeness (QED) is 0.380. The third-order valence-corrected chi connectivity index (χ3v) is 1.90. The third-order valence-electron chi connectivity index (χ3n) is 1.30. The molecule has 0 fully saturated rings. The maximum absolute atomic E-state index is 10.4. The van der Waals surface area contributed by atoms with Gasteiger partial charge in [-0.1, -0.05) is 0 Å². The van der Waals surface area contributed by atoms with Crippen LogP contribution in [0.3, 0.4) is 0 Å². The van der Waals surface area contributed by atoms with Gasteiger partial charge in [-0.25, -0.2) is 0 Å². The Kier molecular flexibility index (Phi) is 4.79. The second-order valence-corrected chi connectivity index (χ2v) is 3.43. The van der Waals surface area contributed by atoms with Gasteiger partial charge in [0.25, 0.3) is 0 Å². The molecule has 1 unspecified atom stereocenters. The van der Waals surface area contributed by atoms with E-state index in [1.165, 1.54) is 12.4 Å². The standard InChI is InChI=1S/C6H10N2O2S.Li/c1-5(2)8-4-6(3-7-8)11(9)10;/h3-5H,1-2H3,(H,9,10);/q;+1/p-1. The number of aromatic nitrogens is 2. The first-order valence-electron chi connectivity index (χ1n) is 3.24. The topological polar surface area (TPSA) is 58.0 Å². The molecule has 1 aromatic rings. The number of nitrogens with zero attached hydrogens (tertiary/aromatic N) is 2. The van der Waals surface area contributed by atoms with E-state index in [1.54, 1.807) is 4.68 Å². The molecule has 0 aliphatic carbocycles. The van der Waals surface area contributed by atoms with Crippen molar-refractivity contribution in [2.45, 2.75) is 24.8 Å². The van der Waals surface area contributed by atoms with Crippen molar-refractivity contribution in [3.05, 3.63) is 12.4 Å². The van der Waals surface area contributed by atoms with Crippen molar-refractivity contribution in [2.75, 3.05) is 0 Å². The normalized spacial score (nSPS) is 12.7. The van der Waals surface area contributed by atoms with Gasteiger partial charge in [0.15, 0.2) is 0 Å². The minimum absolute atomic E-state index is 0. The van der Waals surface area contributed by atoms with Crippen LogP contribution in [-0.2, 0) is 11.1 Å². The average molecular weight is 180 g/mol. The number of hydrogen-bond donors (Lipinski definition) is 0. The average Bonchev–Trinajstić information content (AvgIpc) is 2.33. The molecule has 4 nitrogen and oxygen atoms in total. The van der Waals surface area contributed by atoms with E-state index in [1.807, 2.05) is 13.8 Å². The largest absolute Gasteiger partial charge is 1.00 e. The summed E-state index contributed by atoms with van der Waals surface area (Å²) in [5.41, 5.74) is 0. The molecular weight excluding hydrogens is 171 g/mol. The number of rotatable bonds is 2. The van der Waals surface area contributed by atoms with E-state index >= 15 is 0 Å². The van der Waals surface area contributed by atoms with E-state index < -0.39 is 11.1 Å². The Hall–Kier alpha value is -0.0826. The molecule has 0 spiro atoms. The molecule has 0 radical (unpaired) electrons. The van der Waals surface area contributed by atoms with Gasteiger partial charge in [-0.3, -0.25) is 8.89 Å². The molecule has 0 N–H and O–H groups in total. The van der Waals surface area contributed by atoms with Crippen molar-refractivity contribution in [3.8, 4) is 0 Å². The molecule has 1 atom stereocenters. The second kappa shape index (κ2) is 4.83. The fourth-order valence-corrected chi connectivity index (χ4v) is 1.02. The maximum atomic E-state index is 10.4. The van der Waals surface area contributed by atoms with Crippen LogP contribution in [0.15, 0.2) is 17.3 Å². The van der Waals surface area contributed by atoms with Crippen molar-refractivity contribution >= 4 is 11.1 Å². The van der Waals surface area contributed by atoms with E-state index in [0.29, 0.717) is 0 Å². The monoisotopic (exact) mass is 180 g/mol. The Balaban J connectivity index is 0.00000121. The van der Waals surface area contributed by atoms with Gasteiger partial charge >= 0.3 is 18.9 Å². The van der Waals surface area contributed by atoms with Crippen molar-refractivity contribution in [2.24, 2.45) is 0 Å². The fraction of sp³-hybridized carbons (Fsp3) is 0.500. The van der Waals surface area contributed by atoms with Crippen LogP contribution in [0.1, 0.15) is 19.9 Å². The summed E-state index contributed by atoms with van der Waals surface area (Å²) in [6.07, 6.45) is 2.84. The SMILES string of the molecule is CC(C)n1cc(S(=O)[O-])cn1.[Li+]. The van der Waals surface area contributed by atoms with E-state index in [0.717, 1.165) is 0 Å². The molecule has 12 heavy (non-hydrogen) atoms. The predicted octanol–water partition coefficient (Wildman–Crippen LogP) is -2.29. The van der Waals surface area contributed by atoms with Crippen LogP contribution in [0, 0.1) is 0 Å². The Morgan fingerprint density at radius 3 is 2.50 bits per heavy atom. The zero-order valence-electron chi connectivity index (χ0n) is 7.35. The van der Waals surface area contributed by atoms with Crippen LogP contribution in [-0.4, -0.2) is 18.5 Å². The third kappa shape index (κ3) is 2.76. The number of hydrogen-bond acceptors (Lipinski definition) is 3.